The molecule has 39 heavy (non-hydrogen) atoms. The van der Waals surface area contributed by atoms with E-state index in [1.54, 1.807) is 34.1 Å². The summed E-state index contributed by atoms with van der Waals surface area (Å²) in [4.78, 5) is 35.3. The number of unbranched alkanes of at least 4 members (excludes halogenated alkanes) is 2. The summed E-state index contributed by atoms with van der Waals surface area (Å²) in [6, 6.07) is 4.96. The van der Waals surface area contributed by atoms with Crippen molar-refractivity contribution in [2.75, 3.05) is 32.1 Å². The predicted octanol–water partition coefficient (Wildman–Crippen LogP) is 5.18. The number of pyridine rings is 1. The lowest BCUT2D eigenvalue weighted by Crippen LogP contribution is -2.31. The quantitative estimate of drug-likeness (QED) is 0.280. The molecule has 0 unspecified atom stereocenters. The first-order chi connectivity index (χ1) is 18.6. The van der Waals surface area contributed by atoms with Crippen molar-refractivity contribution in [2.24, 2.45) is 7.05 Å². The third kappa shape index (κ3) is 7.56. The van der Waals surface area contributed by atoms with E-state index in [0.717, 1.165) is 25.3 Å². The molecule has 2 aromatic heterocycles. The number of aryl methyl sites for hydroxylation is 2. The Kier molecular flexibility index (Phi) is 10.8. The van der Waals surface area contributed by atoms with E-state index in [2.05, 4.69) is 15.3 Å². The number of hydrogen-bond acceptors (Lipinski definition) is 6. The monoisotopic (exact) mass is 547 g/mol. The molecule has 0 saturated heterocycles. The van der Waals surface area contributed by atoms with Gasteiger partial charge in [-0.1, -0.05) is 18.2 Å². The number of hydrogen-bond donors (Lipinski definition) is 1. The number of nitrogens with zero attached hydrogens (tertiary/aromatic N) is 4. The van der Waals surface area contributed by atoms with Gasteiger partial charge in [0.15, 0.2) is 0 Å². The summed E-state index contributed by atoms with van der Waals surface area (Å²) in [5.41, 5.74) is 0.210. The standard InChI is InChI=1S/C28H36F3N5O3/c1-18(21-11-9-12-22(24(21)29)25(30)31)34-26-23-16-20(28(38)35(3)27(23)33-17-32-26)10-5-6-13-36(19(2)37)14-7-8-15-39-4/h9,11-12,16-18,25H,5-8,10,13-15H2,1-4H3,(H,32,33,34)/t18-/m1/s1. The van der Waals surface area contributed by atoms with Crippen molar-refractivity contribution in [3.8, 4) is 0 Å². The first-order valence-electron chi connectivity index (χ1n) is 13.1. The van der Waals surface area contributed by atoms with Crippen LogP contribution in [0.15, 0.2) is 35.4 Å². The number of carbonyl (C=O) groups is 1. The van der Waals surface area contributed by atoms with Crippen LogP contribution in [-0.4, -0.2) is 52.1 Å². The van der Waals surface area contributed by atoms with E-state index in [4.69, 9.17) is 4.74 Å². The number of rotatable bonds is 14. The Bertz CT molecular complexity index is 1330. The lowest BCUT2D eigenvalue weighted by Gasteiger charge is -2.21. The van der Waals surface area contributed by atoms with E-state index in [1.807, 2.05) is 4.90 Å². The second-order valence-electron chi connectivity index (χ2n) is 9.57. The topological polar surface area (TPSA) is 89.3 Å². The predicted molar refractivity (Wildman–Crippen MR) is 144 cm³/mol. The molecule has 8 nitrogen and oxygen atoms in total. The third-order valence-electron chi connectivity index (χ3n) is 6.79. The van der Waals surface area contributed by atoms with Crippen LogP contribution in [0, 0.1) is 5.82 Å². The fourth-order valence-electron chi connectivity index (χ4n) is 4.58. The number of ether oxygens (including phenoxy) is 1. The molecule has 2 heterocycles. The SMILES string of the molecule is COCCCCN(CCCCc1cc2c(N[C@H](C)c3cccc(C(F)F)c3F)ncnc2n(C)c1=O)C(C)=O. The maximum absolute atomic E-state index is 14.7. The molecule has 0 aliphatic rings. The Hall–Kier alpha value is -3.47. The van der Waals surface area contributed by atoms with Crippen molar-refractivity contribution >= 4 is 22.8 Å². The van der Waals surface area contributed by atoms with E-state index in [9.17, 15) is 22.8 Å². The molecule has 0 spiro atoms. The molecule has 212 valence electrons. The van der Waals surface area contributed by atoms with Gasteiger partial charge in [-0.05, 0) is 45.1 Å². The van der Waals surface area contributed by atoms with Crippen LogP contribution in [0.4, 0.5) is 19.0 Å². The van der Waals surface area contributed by atoms with Crippen LogP contribution in [0.3, 0.4) is 0 Å². The van der Waals surface area contributed by atoms with Crippen molar-refractivity contribution in [3.63, 3.8) is 0 Å². The second kappa shape index (κ2) is 14.1. The van der Waals surface area contributed by atoms with Gasteiger partial charge in [-0.2, -0.15) is 0 Å². The van der Waals surface area contributed by atoms with Gasteiger partial charge < -0.3 is 15.0 Å². The minimum absolute atomic E-state index is 0.0199. The Morgan fingerprint density at radius 2 is 1.82 bits per heavy atom. The lowest BCUT2D eigenvalue weighted by atomic mass is 10.0. The van der Waals surface area contributed by atoms with Crippen molar-refractivity contribution in [1.82, 2.24) is 19.4 Å². The zero-order valence-electron chi connectivity index (χ0n) is 22.8. The number of amides is 1. The van der Waals surface area contributed by atoms with Crippen molar-refractivity contribution in [3.05, 3.63) is 63.5 Å². The highest BCUT2D eigenvalue weighted by molar-refractivity contribution is 5.87. The average molecular weight is 548 g/mol. The van der Waals surface area contributed by atoms with E-state index in [1.165, 1.54) is 23.0 Å². The Morgan fingerprint density at radius 3 is 2.49 bits per heavy atom. The van der Waals surface area contributed by atoms with Gasteiger partial charge in [0.05, 0.1) is 17.0 Å². The highest BCUT2D eigenvalue weighted by atomic mass is 19.3. The number of nitrogens with one attached hydrogen (secondary N) is 1. The fourth-order valence-corrected chi connectivity index (χ4v) is 4.58. The van der Waals surface area contributed by atoms with E-state index >= 15 is 0 Å². The maximum atomic E-state index is 14.7. The molecule has 0 aliphatic carbocycles. The molecule has 11 heteroatoms. The zero-order valence-corrected chi connectivity index (χ0v) is 22.8. The maximum Gasteiger partial charge on any atom is 0.266 e. The number of carbonyl (C=O) groups excluding carboxylic acids is 1. The van der Waals surface area contributed by atoms with Crippen LogP contribution in [0.5, 0.6) is 0 Å². The molecule has 3 aromatic rings. The highest BCUT2D eigenvalue weighted by Gasteiger charge is 2.21. The van der Waals surface area contributed by atoms with Crippen LogP contribution in [0.1, 0.15) is 68.7 Å². The molecule has 0 saturated carbocycles. The molecule has 3 rings (SSSR count). The van der Waals surface area contributed by atoms with Gasteiger partial charge >= 0.3 is 0 Å². The summed E-state index contributed by atoms with van der Waals surface area (Å²) in [5, 5.41) is 3.67. The molecule has 0 aliphatic heterocycles. The highest BCUT2D eigenvalue weighted by Crippen LogP contribution is 2.30. The molecule has 1 amide bonds. The third-order valence-corrected chi connectivity index (χ3v) is 6.79. The largest absolute Gasteiger partial charge is 0.385 e. The Labute approximate surface area is 226 Å². The van der Waals surface area contributed by atoms with E-state index in [-0.39, 0.29) is 17.0 Å². The number of aromatic nitrogens is 3. The van der Waals surface area contributed by atoms with Crippen molar-refractivity contribution in [1.29, 1.82) is 0 Å². The number of halogens is 3. The van der Waals surface area contributed by atoms with Crippen molar-refractivity contribution in [2.45, 2.75) is 58.4 Å². The summed E-state index contributed by atoms with van der Waals surface area (Å²) >= 11 is 0. The van der Waals surface area contributed by atoms with Gasteiger partial charge in [-0.25, -0.2) is 23.1 Å². The van der Waals surface area contributed by atoms with Gasteiger partial charge in [-0.3, -0.25) is 14.2 Å². The second-order valence-corrected chi connectivity index (χ2v) is 9.57. The first kappa shape index (κ1) is 30.1. The van der Waals surface area contributed by atoms with Crippen LogP contribution < -0.4 is 10.9 Å². The van der Waals surface area contributed by atoms with Gasteiger partial charge in [0.2, 0.25) is 5.91 Å². The summed E-state index contributed by atoms with van der Waals surface area (Å²) in [6.07, 6.45) is 2.04. The molecule has 0 radical (unpaired) electrons. The smallest absolute Gasteiger partial charge is 0.266 e. The normalized spacial score (nSPS) is 12.2. The van der Waals surface area contributed by atoms with E-state index in [0.29, 0.717) is 55.0 Å². The van der Waals surface area contributed by atoms with Crippen LogP contribution in [0.2, 0.25) is 0 Å². The van der Waals surface area contributed by atoms with Gasteiger partial charge in [0.1, 0.15) is 23.6 Å². The molecular formula is C28H36F3N5O3. The Morgan fingerprint density at radius 1 is 1.13 bits per heavy atom. The van der Waals surface area contributed by atoms with Crippen LogP contribution in [0.25, 0.3) is 11.0 Å². The minimum Gasteiger partial charge on any atom is -0.385 e. The molecule has 1 atom stereocenters. The number of benzene rings is 1. The summed E-state index contributed by atoms with van der Waals surface area (Å²) in [7, 11) is 3.28. The van der Waals surface area contributed by atoms with E-state index < -0.39 is 23.8 Å². The molecular weight excluding hydrogens is 511 g/mol. The molecule has 1 N–H and O–H groups in total. The Balaban J connectivity index is 1.76. The number of methoxy groups -OCH3 is 1. The molecule has 1 aromatic carbocycles. The summed E-state index contributed by atoms with van der Waals surface area (Å²) in [6.45, 7) is 5.14. The number of alkyl halides is 2. The number of anilines is 1. The average Bonchev–Trinajstić information content (AvgIpc) is 2.90. The number of fused-ring (bicyclic) bond motifs is 1. The lowest BCUT2D eigenvalue weighted by molar-refractivity contribution is -0.129. The fraction of sp³-hybridized carbons (Fsp3) is 0.500. The first-order valence-corrected chi connectivity index (χ1v) is 13.1. The summed E-state index contributed by atoms with van der Waals surface area (Å²) < 4.78 is 47.6. The van der Waals surface area contributed by atoms with Crippen LogP contribution in [-0.2, 0) is 23.0 Å². The molecule has 0 fully saturated rings. The van der Waals surface area contributed by atoms with Crippen molar-refractivity contribution < 1.29 is 22.7 Å². The molecule has 0 bridgehead atoms. The summed E-state index contributed by atoms with van der Waals surface area (Å²) in [5.74, 6) is -0.575. The zero-order chi connectivity index (χ0) is 28.5. The van der Waals surface area contributed by atoms with Gasteiger partial charge in [-0.15, -0.1) is 0 Å². The van der Waals surface area contributed by atoms with Crippen LogP contribution >= 0.6 is 0 Å². The van der Waals surface area contributed by atoms with Gasteiger partial charge in [0.25, 0.3) is 12.0 Å². The minimum atomic E-state index is -2.92. The van der Waals surface area contributed by atoms with Gasteiger partial charge in [0, 0.05) is 51.9 Å².